The molecule has 30 heavy (non-hydrogen) atoms. The van der Waals surface area contributed by atoms with E-state index in [0.29, 0.717) is 12.1 Å². The third-order valence-electron chi connectivity index (χ3n) is 3.44. The lowest BCUT2D eigenvalue weighted by Gasteiger charge is -2.16. The van der Waals surface area contributed by atoms with E-state index in [-0.39, 0.29) is 6.07 Å². The van der Waals surface area contributed by atoms with Crippen LogP contribution < -0.4 is 9.50 Å². The molecule has 0 aliphatic rings. The highest BCUT2D eigenvalue weighted by Crippen LogP contribution is 2.37. The summed E-state index contributed by atoms with van der Waals surface area (Å²) in [5.74, 6) is -4.25. The van der Waals surface area contributed by atoms with Crippen molar-refractivity contribution in [2.45, 2.75) is 11.7 Å². The topological polar surface area (TPSA) is 110 Å². The van der Waals surface area contributed by atoms with E-state index < -0.39 is 61.8 Å². The summed E-state index contributed by atoms with van der Waals surface area (Å²) < 4.78 is 102. The fourth-order valence-electron chi connectivity index (χ4n) is 2.09. The third kappa shape index (κ3) is 5.00. The van der Waals surface area contributed by atoms with Crippen molar-refractivity contribution in [2.75, 3.05) is 5.32 Å². The monoisotopic (exact) mass is 457 g/mol. The minimum absolute atomic E-state index is 0.0536. The molecule has 0 heterocycles. The normalized spacial score (nSPS) is 12.3. The Labute approximate surface area is 164 Å². The van der Waals surface area contributed by atoms with Crippen molar-refractivity contribution < 1.29 is 53.6 Å². The lowest BCUT2D eigenvalue weighted by molar-refractivity contribution is -0.137. The average molecular weight is 457 g/mol. The Morgan fingerprint density at radius 3 is 2.00 bits per heavy atom. The van der Waals surface area contributed by atoms with E-state index in [1.54, 1.807) is 0 Å². The number of carboxylic acid groups (broad SMARTS) is 1. The number of halogens is 6. The second-order valence-electron chi connectivity index (χ2n) is 5.50. The highest BCUT2D eigenvalue weighted by Gasteiger charge is 2.49. The zero-order valence-corrected chi connectivity index (χ0v) is 15.0. The summed E-state index contributed by atoms with van der Waals surface area (Å²) in [5, 5.41) is 10.9. The summed E-state index contributed by atoms with van der Waals surface area (Å²) in [7, 11) is -6.37. The molecule has 0 spiro atoms. The zero-order chi connectivity index (χ0) is 22.9. The van der Waals surface area contributed by atoms with E-state index in [9.17, 15) is 44.3 Å². The number of hydrogen-bond donors (Lipinski definition) is 2. The number of carboxylic acids is 1. The Hall–Kier alpha value is -3.29. The van der Waals surface area contributed by atoms with Gasteiger partial charge >= 0.3 is 27.8 Å². The van der Waals surface area contributed by atoms with Crippen molar-refractivity contribution in [3.05, 3.63) is 59.2 Å². The molecule has 0 saturated carbocycles. The van der Waals surface area contributed by atoms with Gasteiger partial charge in [-0.25, -0.2) is 4.79 Å². The molecule has 0 fully saturated rings. The van der Waals surface area contributed by atoms with Gasteiger partial charge in [0.25, 0.3) is 5.91 Å². The number of alkyl halides is 6. The molecule has 1 amide bonds. The van der Waals surface area contributed by atoms with E-state index in [1.807, 2.05) is 5.32 Å². The number of carbonyl (C=O) groups excluding carboxylic acids is 1. The molecule has 14 heteroatoms. The second kappa shape index (κ2) is 7.85. The molecule has 2 aromatic rings. The fourth-order valence-corrected chi connectivity index (χ4v) is 2.56. The van der Waals surface area contributed by atoms with Crippen molar-refractivity contribution in [1.82, 2.24) is 0 Å². The SMILES string of the molecule is O=C(O)c1ccccc1C(=O)Nc1ccc(C(F)(F)F)cc1OS(=O)(=O)C(F)(F)F. The molecule has 0 aliphatic heterocycles. The highest BCUT2D eigenvalue weighted by molar-refractivity contribution is 7.88. The van der Waals surface area contributed by atoms with Crippen LogP contribution in [0.3, 0.4) is 0 Å². The first kappa shape index (κ1) is 23.0. The van der Waals surface area contributed by atoms with Gasteiger partial charge in [0.1, 0.15) is 0 Å². The molecule has 0 saturated heterocycles. The quantitative estimate of drug-likeness (QED) is 0.401. The maximum atomic E-state index is 12.9. The highest BCUT2D eigenvalue weighted by atomic mass is 32.2. The third-order valence-corrected chi connectivity index (χ3v) is 4.41. The molecular formula is C16H9F6NO6S. The van der Waals surface area contributed by atoms with Crippen LogP contribution in [0.25, 0.3) is 0 Å². The van der Waals surface area contributed by atoms with Gasteiger partial charge in [-0.05, 0) is 30.3 Å². The molecule has 0 unspecified atom stereocenters. The van der Waals surface area contributed by atoms with Gasteiger partial charge in [0.15, 0.2) is 5.75 Å². The van der Waals surface area contributed by atoms with Crippen LogP contribution in [0.2, 0.25) is 0 Å². The molecule has 2 N–H and O–H groups in total. The van der Waals surface area contributed by atoms with Crippen molar-refractivity contribution >= 4 is 27.7 Å². The van der Waals surface area contributed by atoms with E-state index in [0.717, 1.165) is 12.1 Å². The van der Waals surface area contributed by atoms with Gasteiger partial charge in [-0.15, -0.1) is 0 Å². The van der Waals surface area contributed by atoms with Crippen LogP contribution in [0.1, 0.15) is 26.3 Å². The van der Waals surface area contributed by atoms with E-state index in [2.05, 4.69) is 4.18 Å². The van der Waals surface area contributed by atoms with E-state index >= 15 is 0 Å². The zero-order valence-electron chi connectivity index (χ0n) is 14.2. The Bertz CT molecular complexity index is 1090. The lowest BCUT2D eigenvalue weighted by Crippen LogP contribution is -2.28. The molecule has 0 aromatic heterocycles. The number of carbonyl (C=O) groups is 2. The fraction of sp³-hybridized carbons (Fsp3) is 0.125. The van der Waals surface area contributed by atoms with E-state index in [4.69, 9.17) is 5.11 Å². The van der Waals surface area contributed by atoms with Crippen LogP contribution in [-0.4, -0.2) is 30.9 Å². The standard InChI is InChI=1S/C16H9F6NO6S/c17-15(18,19)8-5-6-11(12(7-8)29-30(27,28)16(20,21)22)23-13(24)9-3-1-2-4-10(9)14(25)26/h1-7H,(H,23,24)(H,25,26). The maximum absolute atomic E-state index is 12.9. The van der Waals surface area contributed by atoms with Crippen molar-refractivity contribution in [3.63, 3.8) is 0 Å². The number of amides is 1. The largest absolute Gasteiger partial charge is 0.534 e. The minimum Gasteiger partial charge on any atom is -0.478 e. The summed E-state index contributed by atoms with van der Waals surface area (Å²) in [6.45, 7) is 0. The Balaban J connectivity index is 2.52. The van der Waals surface area contributed by atoms with Gasteiger partial charge < -0.3 is 14.6 Å². The molecule has 0 bridgehead atoms. The predicted molar refractivity (Wildman–Crippen MR) is 88.4 cm³/mol. The smallest absolute Gasteiger partial charge is 0.478 e. The van der Waals surface area contributed by atoms with Gasteiger partial charge in [0.2, 0.25) is 0 Å². The lowest BCUT2D eigenvalue weighted by atomic mass is 10.1. The van der Waals surface area contributed by atoms with Crippen molar-refractivity contribution in [1.29, 1.82) is 0 Å². The molecule has 0 aliphatic carbocycles. The first-order valence-corrected chi connectivity index (χ1v) is 8.90. The molecule has 2 rings (SSSR count). The van der Waals surface area contributed by atoms with Gasteiger partial charge in [-0.1, -0.05) is 12.1 Å². The van der Waals surface area contributed by atoms with Crippen LogP contribution in [0.5, 0.6) is 5.75 Å². The van der Waals surface area contributed by atoms with Crippen LogP contribution in [0.15, 0.2) is 42.5 Å². The first-order chi connectivity index (χ1) is 13.6. The van der Waals surface area contributed by atoms with Gasteiger partial charge in [0.05, 0.1) is 22.4 Å². The molecule has 162 valence electrons. The maximum Gasteiger partial charge on any atom is 0.534 e. The van der Waals surface area contributed by atoms with Crippen molar-refractivity contribution in [3.8, 4) is 5.75 Å². The molecular weight excluding hydrogens is 448 g/mol. The summed E-state index contributed by atoms with van der Waals surface area (Å²) in [4.78, 5) is 23.5. The molecule has 0 atom stereocenters. The van der Waals surface area contributed by atoms with Gasteiger partial charge in [-0.3, -0.25) is 4.79 Å². The van der Waals surface area contributed by atoms with Gasteiger partial charge in [0, 0.05) is 0 Å². The second-order valence-corrected chi connectivity index (χ2v) is 7.03. The summed E-state index contributed by atoms with van der Waals surface area (Å²) in [6, 6.07) is 5.33. The first-order valence-electron chi connectivity index (χ1n) is 7.49. The van der Waals surface area contributed by atoms with Gasteiger partial charge in [-0.2, -0.15) is 34.8 Å². The number of benzene rings is 2. The van der Waals surface area contributed by atoms with Crippen LogP contribution in [0.4, 0.5) is 32.0 Å². The van der Waals surface area contributed by atoms with Crippen LogP contribution in [0, 0.1) is 0 Å². The van der Waals surface area contributed by atoms with Crippen LogP contribution in [-0.2, 0) is 16.3 Å². The van der Waals surface area contributed by atoms with Crippen LogP contribution >= 0.6 is 0 Å². The Morgan fingerprint density at radius 2 is 1.50 bits per heavy atom. The number of hydrogen-bond acceptors (Lipinski definition) is 5. The van der Waals surface area contributed by atoms with Crippen molar-refractivity contribution in [2.24, 2.45) is 0 Å². The number of rotatable bonds is 5. The Kier molecular flexibility index (Phi) is 6.02. The summed E-state index contributed by atoms with van der Waals surface area (Å²) >= 11 is 0. The molecule has 7 nitrogen and oxygen atoms in total. The minimum atomic E-state index is -6.37. The number of nitrogens with one attached hydrogen (secondary N) is 1. The Morgan fingerprint density at radius 1 is 0.933 bits per heavy atom. The summed E-state index contributed by atoms with van der Waals surface area (Å²) in [5.41, 5.74) is -9.40. The number of anilines is 1. The molecule has 2 aromatic carbocycles. The average Bonchev–Trinajstić information content (AvgIpc) is 2.61. The predicted octanol–water partition coefficient (Wildman–Crippen LogP) is 3.88. The summed E-state index contributed by atoms with van der Waals surface area (Å²) in [6.07, 6.45) is -5.07. The number of aromatic carboxylic acids is 1. The molecule has 0 radical (unpaired) electrons. The van der Waals surface area contributed by atoms with E-state index in [1.165, 1.54) is 12.1 Å².